The van der Waals surface area contributed by atoms with Gasteiger partial charge in [0.05, 0.1) is 17.7 Å². The second kappa shape index (κ2) is 9.20. The molecular weight excluding hydrogens is 420 g/mol. The third-order valence-corrected chi connectivity index (χ3v) is 4.56. The fourth-order valence-corrected chi connectivity index (χ4v) is 2.96. The van der Waals surface area contributed by atoms with Gasteiger partial charge in [-0.1, -0.05) is 15.9 Å². The molecule has 2 N–H and O–H groups in total. The summed E-state index contributed by atoms with van der Waals surface area (Å²) in [5.41, 5.74) is 1.80. The molecule has 6 nitrogen and oxygen atoms in total. The number of anilines is 1. The highest BCUT2D eigenvalue weighted by Gasteiger charge is 2.08. The van der Waals surface area contributed by atoms with Crippen molar-refractivity contribution in [2.45, 2.75) is 6.92 Å². The zero-order valence-electron chi connectivity index (χ0n) is 15.3. The average Bonchev–Trinajstić information content (AvgIpc) is 2.71. The van der Waals surface area contributed by atoms with E-state index in [1.807, 2.05) is 37.3 Å². The molecule has 28 heavy (non-hydrogen) atoms. The number of nitrogens with zero attached hydrogens (tertiary/aromatic N) is 2. The van der Waals surface area contributed by atoms with Crippen LogP contribution >= 0.6 is 15.9 Å². The van der Waals surface area contributed by atoms with Crippen molar-refractivity contribution in [1.29, 1.82) is 5.26 Å². The van der Waals surface area contributed by atoms with Gasteiger partial charge in [-0.2, -0.15) is 5.26 Å². The first kappa shape index (κ1) is 19.6. The minimum atomic E-state index is -0.148. The van der Waals surface area contributed by atoms with Crippen molar-refractivity contribution < 1.29 is 9.53 Å². The molecule has 3 aromatic rings. The maximum absolute atomic E-state index is 12.1. The number of benzene rings is 2. The zero-order chi connectivity index (χ0) is 19.9. The molecule has 0 aliphatic carbocycles. The third-order valence-electron chi connectivity index (χ3n) is 4.03. The molecule has 0 atom stereocenters. The minimum absolute atomic E-state index is 0.148. The molecule has 142 valence electrons. The van der Waals surface area contributed by atoms with Crippen LogP contribution in [0.3, 0.4) is 0 Å². The quantitative estimate of drug-likeness (QED) is 0.541. The van der Waals surface area contributed by atoms with E-state index in [1.165, 1.54) is 0 Å². The first-order valence-corrected chi connectivity index (χ1v) is 9.65. The number of rotatable bonds is 7. The molecule has 1 aromatic heterocycles. The summed E-state index contributed by atoms with van der Waals surface area (Å²) >= 11 is 3.34. The van der Waals surface area contributed by atoms with E-state index in [-0.39, 0.29) is 5.91 Å². The van der Waals surface area contributed by atoms with Crippen molar-refractivity contribution in [3.8, 4) is 11.8 Å². The molecule has 7 heteroatoms. The van der Waals surface area contributed by atoms with Crippen molar-refractivity contribution in [3.05, 3.63) is 64.1 Å². The molecule has 0 aliphatic rings. The lowest BCUT2D eigenvalue weighted by Crippen LogP contribution is -2.29. The van der Waals surface area contributed by atoms with Gasteiger partial charge in [0.25, 0.3) is 5.91 Å². The highest BCUT2D eigenvalue weighted by atomic mass is 79.9. The molecule has 0 saturated carbocycles. The zero-order valence-corrected chi connectivity index (χ0v) is 16.9. The number of amides is 1. The van der Waals surface area contributed by atoms with Gasteiger partial charge >= 0.3 is 0 Å². The molecule has 0 bridgehead atoms. The van der Waals surface area contributed by atoms with Crippen LogP contribution in [0.4, 0.5) is 5.82 Å². The van der Waals surface area contributed by atoms with Crippen LogP contribution in [0.2, 0.25) is 0 Å². The average molecular weight is 439 g/mol. The van der Waals surface area contributed by atoms with Crippen molar-refractivity contribution in [1.82, 2.24) is 10.3 Å². The minimum Gasteiger partial charge on any atom is -0.494 e. The van der Waals surface area contributed by atoms with E-state index in [0.29, 0.717) is 36.6 Å². The molecule has 0 aliphatic heterocycles. The van der Waals surface area contributed by atoms with Gasteiger partial charge in [-0.25, -0.2) is 4.98 Å². The number of hydrogen-bond acceptors (Lipinski definition) is 5. The predicted octanol–water partition coefficient (Wildman–Crippen LogP) is 4.11. The van der Waals surface area contributed by atoms with E-state index in [1.54, 1.807) is 18.2 Å². The van der Waals surface area contributed by atoms with E-state index in [9.17, 15) is 10.1 Å². The van der Waals surface area contributed by atoms with Crippen LogP contribution in [0.1, 0.15) is 22.8 Å². The smallest absolute Gasteiger partial charge is 0.251 e. The van der Waals surface area contributed by atoms with Gasteiger partial charge in [0.15, 0.2) is 0 Å². The summed E-state index contributed by atoms with van der Waals surface area (Å²) in [6.45, 7) is 3.36. The van der Waals surface area contributed by atoms with Crippen LogP contribution in [0.5, 0.6) is 5.75 Å². The van der Waals surface area contributed by atoms with Crippen LogP contribution in [0, 0.1) is 11.3 Å². The lowest BCUT2D eigenvalue weighted by molar-refractivity contribution is 0.0955. The molecule has 3 rings (SSSR count). The van der Waals surface area contributed by atoms with Gasteiger partial charge in [0.2, 0.25) is 0 Å². The maximum Gasteiger partial charge on any atom is 0.251 e. The van der Waals surface area contributed by atoms with Crippen LogP contribution in [-0.2, 0) is 0 Å². The fraction of sp³-hybridized carbons (Fsp3) is 0.190. The monoisotopic (exact) mass is 438 g/mol. The summed E-state index contributed by atoms with van der Waals surface area (Å²) in [6.07, 6.45) is 0. The first-order chi connectivity index (χ1) is 13.6. The summed E-state index contributed by atoms with van der Waals surface area (Å²) in [4.78, 5) is 16.6. The lowest BCUT2D eigenvalue weighted by Gasteiger charge is -2.11. The van der Waals surface area contributed by atoms with Crippen molar-refractivity contribution >= 4 is 38.6 Å². The highest BCUT2D eigenvalue weighted by molar-refractivity contribution is 9.10. The normalized spacial score (nSPS) is 10.3. The standard InChI is InChI=1S/C21H19BrN4O2/c1-2-28-18-7-8-19-15(12-18)11-16(13-23)20(26-19)24-9-10-25-21(27)14-3-5-17(22)6-4-14/h3-8,11-12H,2,9-10H2,1H3,(H,24,26)(H,25,27). The molecule has 0 unspecified atom stereocenters. The second-order valence-corrected chi connectivity index (χ2v) is 6.89. The van der Waals surface area contributed by atoms with Crippen LogP contribution < -0.4 is 15.4 Å². The van der Waals surface area contributed by atoms with Crippen molar-refractivity contribution in [2.75, 3.05) is 25.0 Å². The Kier molecular flexibility index (Phi) is 6.45. The number of carbonyl (C=O) groups is 1. The highest BCUT2D eigenvalue weighted by Crippen LogP contribution is 2.24. The molecule has 1 heterocycles. The largest absolute Gasteiger partial charge is 0.494 e. The molecule has 1 amide bonds. The van der Waals surface area contributed by atoms with Gasteiger partial charge in [-0.3, -0.25) is 4.79 Å². The van der Waals surface area contributed by atoms with E-state index < -0.39 is 0 Å². The number of halogens is 1. The van der Waals surface area contributed by atoms with Gasteiger partial charge in [-0.05, 0) is 55.5 Å². The molecule has 0 fully saturated rings. The number of carbonyl (C=O) groups excluding carboxylic acids is 1. The van der Waals surface area contributed by atoms with E-state index in [0.717, 1.165) is 21.1 Å². The number of nitriles is 1. The summed E-state index contributed by atoms with van der Waals surface area (Å²) in [7, 11) is 0. The lowest BCUT2D eigenvalue weighted by atomic mass is 10.1. The SMILES string of the molecule is CCOc1ccc2nc(NCCNC(=O)c3ccc(Br)cc3)c(C#N)cc2c1. The summed E-state index contributed by atoms with van der Waals surface area (Å²) < 4.78 is 6.42. The molecule has 0 spiro atoms. The number of ether oxygens (including phenoxy) is 1. The first-order valence-electron chi connectivity index (χ1n) is 8.86. The van der Waals surface area contributed by atoms with E-state index in [2.05, 4.69) is 37.6 Å². The van der Waals surface area contributed by atoms with Crippen LogP contribution in [-0.4, -0.2) is 30.6 Å². The Morgan fingerprint density at radius 1 is 1.18 bits per heavy atom. The Morgan fingerprint density at radius 2 is 1.96 bits per heavy atom. The molecule has 0 radical (unpaired) electrons. The summed E-state index contributed by atoms with van der Waals surface area (Å²) in [5.74, 6) is 1.10. The number of aromatic nitrogens is 1. The Bertz CT molecular complexity index is 1030. The topological polar surface area (TPSA) is 87.0 Å². The molecule has 2 aromatic carbocycles. The molecular formula is C21H19BrN4O2. The predicted molar refractivity (Wildman–Crippen MR) is 113 cm³/mol. The van der Waals surface area contributed by atoms with Crippen LogP contribution in [0.25, 0.3) is 10.9 Å². The maximum atomic E-state index is 12.1. The van der Waals surface area contributed by atoms with Crippen molar-refractivity contribution in [2.24, 2.45) is 0 Å². The van der Waals surface area contributed by atoms with E-state index >= 15 is 0 Å². The molecule has 0 saturated heterocycles. The van der Waals surface area contributed by atoms with Crippen molar-refractivity contribution in [3.63, 3.8) is 0 Å². The van der Waals surface area contributed by atoms with E-state index in [4.69, 9.17) is 4.74 Å². The Hall–Kier alpha value is -3.11. The Balaban J connectivity index is 1.63. The second-order valence-electron chi connectivity index (χ2n) is 5.97. The van der Waals surface area contributed by atoms with Gasteiger partial charge < -0.3 is 15.4 Å². The van der Waals surface area contributed by atoms with Gasteiger partial charge in [-0.15, -0.1) is 0 Å². The number of nitrogens with one attached hydrogen (secondary N) is 2. The summed E-state index contributed by atoms with van der Waals surface area (Å²) in [5, 5.41) is 16.2. The van der Waals surface area contributed by atoms with Crippen LogP contribution in [0.15, 0.2) is 53.0 Å². The third kappa shape index (κ3) is 4.78. The van der Waals surface area contributed by atoms with Gasteiger partial charge in [0, 0.05) is 28.5 Å². The fourth-order valence-electron chi connectivity index (χ4n) is 2.69. The summed E-state index contributed by atoms with van der Waals surface area (Å²) in [6, 6.07) is 16.7. The Morgan fingerprint density at radius 3 is 2.68 bits per heavy atom. The number of hydrogen-bond donors (Lipinski definition) is 2. The number of fused-ring (bicyclic) bond motifs is 1. The Labute approximate surface area is 171 Å². The van der Waals surface area contributed by atoms with Gasteiger partial charge in [0.1, 0.15) is 17.6 Å². The number of pyridine rings is 1.